The topological polar surface area (TPSA) is 26.3 Å². The monoisotopic (exact) mass is 280 g/mol. The molecule has 2 aliphatic rings. The van der Waals surface area contributed by atoms with Gasteiger partial charge in [-0.25, -0.2) is 0 Å². The number of rotatable bonds is 5. The van der Waals surface area contributed by atoms with Gasteiger partial charge in [0, 0.05) is 6.42 Å². The van der Waals surface area contributed by atoms with E-state index in [4.69, 9.17) is 4.74 Å². The van der Waals surface area contributed by atoms with Gasteiger partial charge in [-0.1, -0.05) is 41.0 Å². The van der Waals surface area contributed by atoms with E-state index >= 15 is 0 Å². The second-order valence-electron chi connectivity index (χ2n) is 7.48. The molecule has 0 bridgehead atoms. The fourth-order valence-corrected chi connectivity index (χ4v) is 4.38. The van der Waals surface area contributed by atoms with Crippen LogP contribution in [0.15, 0.2) is 0 Å². The number of hydrogen-bond acceptors (Lipinski definition) is 2. The molecule has 0 N–H and O–H groups in total. The lowest BCUT2D eigenvalue weighted by atomic mass is 9.61. The van der Waals surface area contributed by atoms with Gasteiger partial charge in [0.15, 0.2) is 0 Å². The van der Waals surface area contributed by atoms with Gasteiger partial charge in [-0.15, -0.1) is 0 Å². The minimum Gasteiger partial charge on any atom is -0.373 e. The first-order valence-corrected chi connectivity index (χ1v) is 8.63. The summed E-state index contributed by atoms with van der Waals surface area (Å²) in [7, 11) is 0. The highest BCUT2D eigenvalue weighted by molar-refractivity contribution is 5.92. The van der Waals surface area contributed by atoms with Crippen LogP contribution < -0.4 is 0 Å². The van der Waals surface area contributed by atoms with Crippen LogP contribution in [-0.2, 0) is 9.53 Å². The summed E-state index contributed by atoms with van der Waals surface area (Å²) in [5, 5.41) is 0. The Bertz CT molecular complexity index is 343. The summed E-state index contributed by atoms with van der Waals surface area (Å²) in [6, 6.07) is 0. The molecule has 2 nitrogen and oxygen atoms in total. The third-order valence-corrected chi connectivity index (χ3v) is 6.10. The van der Waals surface area contributed by atoms with Crippen LogP contribution >= 0.6 is 0 Å². The molecule has 4 atom stereocenters. The van der Waals surface area contributed by atoms with Crippen molar-refractivity contribution in [3.63, 3.8) is 0 Å². The van der Waals surface area contributed by atoms with Crippen molar-refractivity contribution in [2.45, 2.75) is 85.4 Å². The number of Topliss-reactive ketones (excluding diaryl/α,β-unsaturated/α-hetero) is 1. The smallest absolute Gasteiger partial charge is 0.144 e. The Balaban J connectivity index is 2.05. The summed E-state index contributed by atoms with van der Waals surface area (Å²) in [6.07, 6.45) is 6.86. The average Bonchev–Trinajstić information content (AvgIpc) is 2.39. The normalized spacial score (nSPS) is 37.0. The summed E-state index contributed by atoms with van der Waals surface area (Å²) < 4.78 is 6.52. The predicted octanol–water partition coefficient (Wildman–Crippen LogP) is 4.61. The van der Waals surface area contributed by atoms with Gasteiger partial charge in [0.05, 0.1) is 17.6 Å². The maximum absolute atomic E-state index is 12.1. The molecule has 2 saturated carbocycles. The molecular weight excluding hydrogens is 248 g/mol. The second-order valence-corrected chi connectivity index (χ2v) is 7.48. The molecule has 0 aromatic rings. The fourth-order valence-electron chi connectivity index (χ4n) is 4.38. The van der Waals surface area contributed by atoms with Gasteiger partial charge in [-0.3, -0.25) is 4.79 Å². The van der Waals surface area contributed by atoms with Crippen molar-refractivity contribution in [2.24, 2.45) is 23.2 Å². The van der Waals surface area contributed by atoms with E-state index in [1.165, 1.54) is 19.3 Å². The number of carbonyl (C=O) groups excluding carboxylic acids is 1. The first kappa shape index (κ1) is 16.0. The first-order valence-electron chi connectivity index (χ1n) is 8.63. The standard InChI is InChI=1S/C18H32O2/c1-6-18(7-2)16(19)11-17(18)20-15-10-13(5)8-9-14(15)12(3)4/h12-15,17H,6-11H2,1-5H3. The zero-order chi connectivity index (χ0) is 14.9. The molecule has 116 valence electrons. The fraction of sp³-hybridized carbons (Fsp3) is 0.944. The van der Waals surface area contributed by atoms with Gasteiger partial charge < -0.3 is 4.74 Å². The van der Waals surface area contributed by atoms with E-state index in [1.807, 2.05) is 0 Å². The largest absolute Gasteiger partial charge is 0.373 e. The average molecular weight is 280 g/mol. The quantitative estimate of drug-likeness (QED) is 0.735. The Morgan fingerprint density at radius 2 is 1.90 bits per heavy atom. The number of hydrogen-bond donors (Lipinski definition) is 0. The summed E-state index contributed by atoms with van der Waals surface area (Å²) in [5.74, 6) is 2.55. The zero-order valence-electron chi connectivity index (χ0n) is 13.9. The minimum atomic E-state index is -0.164. The Kier molecular flexibility index (Phi) is 4.94. The Morgan fingerprint density at radius 3 is 2.40 bits per heavy atom. The molecule has 0 aromatic carbocycles. The summed E-state index contributed by atoms with van der Waals surface area (Å²) in [6.45, 7) is 11.2. The van der Waals surface area contributed by atoms with Crippen LogP contribution in [0.3, 0.4) is 0 Å². The SMILES string of the molecule is CCC1(CC)C(=O)CC1OC1CC(C)CCC1C(C)C. The maximum atomic E-state index is 12.1. The van der Waals surface area contributed by atoms with Crippen LogP contribution in [0, 0.1) is 23.2 Å². The summed E-state index contributed by atoms with van der Waals surface area (Å²) in [5.41, 5.74) is -0.164. The highest BCUT2D eigenvalue weighted by Crippen LogP contribution is 2.48. The van der Waals surface area contributed by atoms with Crippen LogP contribution in [0.1, 0.15) is 73.1 Å². The molecular formula is C18H32O2. The van der Waals surface area contributed by atoms with E-state index < -0.39 is 0 Å². The van der Waals surface area contributed by atoms with Crippen LogP contribution in [0.2, 0.25) is 0 Å². The van der Waals surface area contributed by atoms with E-state index in [-0.39, 0.29) is 11.5 Å². The van der Waals surface area contributed by atoms with Crippen molar-refractivity contribution in [3.8, 4) is 0 Å². The van der Waals surface area contributed by atoms with E-state index in [0.29, 0.717) is 30.1 Å². The molecule has 2 aliphatic carbocycles. The molecule has 0 radical (unpaired) electrons. The van der Waals surface area contributed by atoms with E-state index in [0.717, 1.165) is 18.8 Å². The molecule has 2 fully saturated rings. The van der Waals surface area contributed by atoms with Gasteiger partial charge in [0.2, 0.25) is 0 Å². The Labute approximate surface area is 124 Å². The van der Waals surface area contributed by atoms with Gasteiger partial charge in [-0.05, 0) is 43.4 Å². The molecule has 0 heterocycles. The number of ketones is 1. The second kappa shape index (κ2) is 6.17. The van der Waals surface area contributed by atoms with Crippen molar-refractivity contribution < 1.29 is 9.53 Å². The molecule has 2 heteroatoms. The van der Waals surface area contributed by atoms with Crippen molar-refractivity contribution in [3.05, 3.63) is 0 Å². The van der Waals surface area contributed by atoms with E-state index in [2.05, 4.69) is 34.6 Å². The third kappa shape index (κ3) is 2.68. The van der Waals surface area contributed by atoms with Crippen molar-refractivity contribution in [2.75, 3.05) is 0 Å². The highest BCUT2D eigenvalue weighted by atomic mass is 16.5. The van der Waals surface area contributed by atoms with Crippen molar-refractivity contribution >= 4 is 5.78 Å². The Morgan fingerprint density at radius 1 is 1.25 bits per heavy atom. The van der Waals surface area contributed by atoms with Crippen LogP contribution in [0.4, 0.5) is 0 Å². The molecule has 0 amide bonds. The lowest BCUT2D eigenvalue weighted by Gasteiger charge is -2.50. The first-order chi connectivity index (χ1) is 9.44. The highest BCUT2D eigenvalue weighted by Gasteiger charge is 2.54. The van der Waals surface area contributed by atoms with E-state index in [1.54, 1.807) is 0 Å². The van der Waals surface area contributed by atoms with E-state index in [9.17, 15) is 4.79 Å². The molecule has 0 aliphatic heterocycles. The van der Waals surface area contributed by atoms with Crippen molar-refractivity contribution in [1.82, 2.24) is 0 Å². The molecule has 2 rings (SSSR count). The van der Waals surface area contributed by atoms with Crippen molar-refractivity contribution in [1.29, 1.82) is 0 Å². The van der Waals surface area contributed by atoms with Crippen LogP contribution in [0.25, 0.3) is 0 Å². The molecule has 0 spiro atoms. The third-order valence-electron chi connectivity index (χ3n) is 6.10. The van der Waals surface area contributed by atoms with Crippen LogP contribution in [0.5, 0.6) is 0 Å². The van der Waals surface area contributed by atoms with Gasteiger partial charge in [0.25, 0.3) is 0 Å². The summed E-state index contributed by atoms with van der Waals surface area (Å²) in [4.78, 5) is 12.1. The lowest BCUT2D eigenvalue weighted by molar-refractivity contribution is -0.185. The molecule has 20 heavy (non-hydrogen) atoms. The summed E-state index contributed by atoms with van der Waals surface area (Å²) >= 11 is 0. The minimum absolute atomic E-state index is 0.164. The lowest BCUT2D eigenvalue weighted by Crippen LogP contribution is -2.56. The maximum Gasteiger partial charge on any atom is 0.144 e. The predicted molar refractivity (Wildman–Crippen MR) is 82.6 cm³/mol. The Hall–Kier alpha value is -0.370. The van der Waals surface area contributed by atoms with Crippen LogP contribution in [-0.4, -0.2) is 18.0 Å². The van der Waals surface area contributed by atoms with Gasteiger partial charge in [-0.2, -0.15) is 0 Å². The number of carbonyl (C=O) groups is 1. The number of ether oxygens (including phenoxy) is 1. The molecule has 0 saturated heterocycles. The molecule has 4 unspecified atom stereocenters. The van der Waals surface area contributed by atoms with Gasteiger partial charge in [0.1, 0.15) is 5.78 Å². The van der Waals surface area contributed by atoms with Gasteiger partial charge >= 0.3 is 0 Å². The zero-order valence-corrected chi connectivity index (χ0v) is 13.9. The molecule has 0 aromatic heterocycles.